The molecule has 0 aliphatic heterocycles. The highest BCUT2D eigenvalue weighted by Gasteiger charge is 2.16. The maximum absolute atomic E-state index is 12.2. The van der Waals surface area contributed by atoms with Gasteiger partial charge in [0.05, 0.1) is 17.0 Å². The summed E-state index contributed by atoms with van der Waals surface area (Å²) in [4.78, 5) is 28.5. The Morgan fingerprint density at radius 2 is 2.08 bits per heavy atom. The molecule has 1 amide bonds. The van der Waals surface area contributed by atoms with Crippen molar-refractivity contribution in [2.75, 3.05) is 5.32 Å². The molecule has 25 heavy (non-hydrogen) atoms. The Kier molecular flexibility index (Phi) is 3.66. The molecule has 0 aliphatic rings. The predicted molar refractivity (Wildman–Crippen MR) is 92.8 cm³/mol. The number of anilines is 1. The normalized spacial score (nSPS) is 10.9. The molecule has 0 spiro atoms. The lowest BCUT2D eigenvalue weighted by molar-refractivity contribution is 0.0988. The van der Waals surface area contributed by atoms with Crippen LogP contribution in [0, 0.1) is 6.92 Å². The van der Waals surface area contributed by atoms with Crippen molar-refractivity contribution in [3.8, 4) is 11.3 Å². The minimum absolute atomic E-state index is 0.0967. The van der Waals surface area contributed by atoms with Gasteiger partial charge in [0.15, 0.2) is 5.13 Å². The van der Waals surface area contributed by atoms with E-state index >= 15 is 0 Å². The van der Waals surface area contributed by atoms with E-state index in [0.29, 0.717) is 27.7 Å². The molecule has 0 saturated heterocycles. The Balaban J connectivity index is 1.64. The number of carbonyl (C=O) groups is 1. The van der Waals surface area contributed by atoms with Crippen LogP contribution in [-0.2, 0) is 0 Å². The van der Waals surface area contributed by atoms with Crippen LogP contribution >= 0.6 is 11.3 Å². The van der Waals surface area contributed by atoms with Gasteiger partial charge in [-0.3, -0.25) is 10.1 Å². The lowest BCUT2D eigenvalue weighted by Crippen LogP contribution is -2.10. The molecule has 8 heteroatoms. The third-order valence-corrected chi connectivity index (χ3v) is 4.25. The summed E-state index contributed by atoms with van der Waals surface area (Å²) in [5.74, 6) is -0.355. The largest absolute Gasteiger partial charge is 0.422 e. The van der Waals surface area contributed by atoms with Gasteiger partial charge in [0.25, 0.3) is 5.91 Å². The Bertz CT molecular complexity index is 1140. The molecular formula is C17H11N3O4S. The molecule has 1 N–H and O–H groups in total. The first-order valence-corrected chi connectivity index (χ1v) is 8.21. The number of aryl methyl sites for hydroxylation is 1. The van der Waals surface area contributed by atoms with E-state index in [1.165, 1.54) is 17.4 Å². The average Bonchev–Trinajstić information content (AvgIpc) is 3.23. The molecule has 0 aliphatic carbocycles. The van der Waals surface area contributed by atoms with Gasteiger partial charge in [-0.1, -0.05) is 23.4 Å². The van der Waals surface area contributed by atoms with Crippen molar-refractivity contribution in [3.63, 3.8) is 0 Å². The van der Waals surface area contributed by atoms with Crippen LogP contribution in [0.15, 0.2) is 55.5 Å². The maximum atomic E-state index is 12.2. The fourth-order valence-electron chi connectivity index (χ4n) is 2.32. The van der Waals surface area contributed by atoms with Crippen molar-refractivity contribution < 1.29 is 13.7 Å². The summed E-state index contributed by atoms with van der Waals surface area (Å²) >= 11 is 1.20. The second-order valence-electron chi connectivity index (χ2n) is 5.31. The molecule has 3 heterocycles. The van der Waals surface area contributed by atoms with Crippen LogP contribution in [0.5, 0.6) is 0 Å². The summed E-state index contributed by atoms with van der Waals surface area (Å²) in [5, 5.41) is 9.12. The number of para-hydroxylation sites is 1. The number of thiazole rings is 1. The van der Waals surface area contributed by atoms with E-state index in [1.54, 1.807) is 30.5 Å². The van der Waals surface area contributed by atoms with Crippen LogP contribution < -0.4 is 10.9 Å². The van der Waals surface area contributed by atoms with Crippen molar-refractivity contribution >= 4 is 33.3 Å². The van der Waals surface area contributed by atoms with Crippen molar-refractivity contribution in [1.82, 2.24) is 10.1 Å². The zero-order valence-electron chi connectivity index (χ0n) is 13.0. The van der Waals surface area contributed by atoms with Gasteiger partial charge >= 0.3 is 5.63 Å². The minimum atomic E-state index is -0.479. The second kappa shape index (κ2) is 5.99. The number of fused-ring (bicyclic) bond motifs is 1. The molecule has 124 valence electrons. The quantitative estimate of drug-likeness (QED) is 0.566. The van der Waals surface area contributed by atoms with Gasteiger partial charge in [0.2, 0.25) is 5.76 Å². The number of hydrogen-bond donors (Lipinski definition) is 1. The van der Waals surface area contributed by atoms with Crippen LogP contribution in [0.1, 0.15) is 16.2 Å². The lowest BCUT2D eigenvalue weighted by atomic mass is 10.1. The molecule has 0 unspecified atom stereocenters. The van der Waals surface area contributed by atoms with Crippen molar-refractivity contribution in [3.05, 3.63) is 63.7 Å². The van der Waals surface area contributed by atoms with Crippen LogP contribution in [0.3, 0.4) is 0 Å². The molecule has 4 aromatic rings. The van der Waals surface area contributed by atoms with Gasteiger partial charge in [-0.2, -0.15) is 0 Å². The van der Waals surface area contributed by atoms with E-state index in [9.17, 15) is 9.59 Å². The lowest BCUT2D eigenvalue weighted by Gasteiger charge is -1.99. The van der Waals surface area contributed by atoms with Crippen LogP contribution in [0.2, 0.25) is 0 Å². The number of nitrogens with one attached hydrogen (secondary N) is 1. The molecule has 1 aromatic carbocycles. The number of nitrogens with zero attached hydrogens (tertiary/aromatic N) is 2. The highest BCUT2D eigenvalue weighted by molar-refractivity contribution is 7.14. The number of benzene rings is 1. The number of hydrogen-bond acceptors (Lipinski definition) is 7. The molecule has 0 radical (unpaired) electrons. The standard InChI is InChI=1S/C17H11N3O4S/c1-9-6-14(24-20-9)15(21)19-17-18-12(8-25-17)11-7-10-4-2-3-5-13(10)23-16(11)22/h2-8H,1H3,(H,18,19,21). The molecule has 3 aromatic heterocycles. The smallest absolute Gasteiger partial charge is 0.345 e. The summed E-state index contributed by atoms with van der Waals surface area (Å²) in [5.41, 5.74) is 1.42. The third kappa shape index (κ3) is 2.94. The molecule has 4 rings (SSSR count). The zero-order chi connectivity index (χ0) is 17.4. The maximum Gasteiger partial charge on any atom is 0.345 e. The van der Waals surface area contributed by atoms with E-state index in [1.807, 2.05) is 12.1 Å². The number of amides is 1. The molecule has 0 saturated carbocycles. The highest BCUT2D eigenvalue weighted by atomic mass is 32.1. The first kappa shape index (κ1) is 15.3. The summed E-state index contributed by atoms with van der Waals surface area (Å²) < 4.78 is 10.2. The van der Waals surface area contributed by atoms with E-state index in [2.05, 4.69) is 15.5 Å². The monoisotopic (exact) mass is 353 g/mol. The van der Waals surface area contributed by atoms with E-state index in [-0.39, 0.29) is 5.76 Å². The van der Waals surface area contributed by atoms with Crippen LogP contribution in [0.25, 0.3) is 22.2 Å². The van der Waals surface area contributed by atoms with Gasteiger partial charge in [0.1, 0.15) is 5.58 Å². The summed E-state index contributed by atoms with van der Waals surface area (Å²) in [6.07, 6.45) is 0. The fraction of sp³-hybridized carbons (Fsp3) is 0.0588. The fourth-order valence-corrected chi connectivity index (χ4v) is 3.03. The van der Waals surface area contributed by atoms with E-state index in [4.69, 9.17) is 8.94 Å². The summed E-state index contributed by atoms with van der Waals surface area (Å²) in [7, 11) is 0. The Labute approximate surface area is 144 Å². The van der Waals surface area contributed by atoms with Crippen molar-refractivity contribution in [2.45, 2.75) is 6.92 Å². The van der Waals surface area contributed by atoms with Gasteiger partial charge < -0.3 is 8.94 Å². The van der Waals surface area contributed by atoms with Crippen LogP contribution in [0.4, 0.5) is 5.13 Å². The van der Waals surface area contributed by atoms with Crippen molar-refractivity contribution in [1.29, 1.82) is 0 Å². The predicted octanol–water partition coefficient (Wildman–Crippen LogP) is 3.47. The Morgan fingerprint density at radius 3 is 2.88 bits per heavy atom. The Hall–Kier alpha value is -3.26. The SMILES string of the molecule is Cc1cc(C(=O)Nc2nc(-c3cc4ccccc4oc3=O)cs2)on1. The molecule has 0 fully saturated rings. The minimum Gasteiger partial charge on any atom is -0.422 e. The van der Waals surface area contributed by atoms with Crippen molar-refractivity contribution in [2.24, 2.45) is 0 Å². The van der Waals surface area contributed by atoms with Gasteiger partial charge in [0, 0.05) is 16.8 Å². The molecule has 0 bridgehead atoms. The average molecular weight is 353 g/mol. The third-order valence-electron chi connectivity index (χ3n) is 3.49. The number of aromatic nitrogens is 2. The second-order valence-corrected chi connectivity index (χ2v) is 6.17. The van der Waals surface area contributed by atoms with Gasteiger partial charge in [-0.25, -0.2) is 9.78 Å². The zero-order valence-corrected chi connectivity index (χ0v) is 13.8. The van der Waals surface area contributed by atoms with Gasteiger partial charge in [-0.15, -0.1) is 11.3 Å². The number of carbonyl (C=O) groups excluding carboxylic acids is 1. The highest BCUT2D eigenvalue weighted by Crippen LogP contribution is 2.25. The molecule has 7 nitrogen and oxygen atoms in total. The first-order chi connectivity index (χ1) is 12.1. The Morgan fingerprint density at radius 1 is 1.24 bits per heavy atom. The number of rotatable bonds is 3. The summed E-state index contributed by atoms with van der Waals surface area (Å²) in [6, 6.07) is 10.5. The molecular weight excluding hydrogens is 342 g/mol. The topological polar surface area (TPSA) is 98.2 Å². The first-order valence-electron chi connectivity index (χ1n) is 7.33. The molecule has 0 atom stereocenters. The van der Waals surface area contributed by atoms with E-state index < -0.39 is 11.5 Å². The van der Waals surface area contributed by atoms with Crippen LogP contribution in [-0.4, -0.2) is 16.0 Å². The van der Waals surface area contributed by atoms with E-state index in [0.717, 1.165) is 5.39 Å². The van der Waals surface area contributed by atoms with Gasteiger partial charge in [-0.05, 0) is 19.1 Å². The summed E-state index contributed by atoms with van der Waals surface area (Å²) in [6.45, 7) is 1.72.